The second-order valence-corrected chi connectivity index (χ2v) is 4.84. The van der Waals surface area contributed by atoms with Crippen molar-refractivity contribution in [3.05, 3.63) is 29.3 Å². The van der Waals surface area contributed by atoms with Crippen molar-refractivity contribution in [1.82, 2.24) is 0 Å². The number of esters is 1. The van der Waals surface area contributed by atoms with E-state index in [4.69, 9.17) is 9.47 Å². The molecule has 1 aliphatic rings. The first-order valence-electron chi connectivity index (χ1n) is 8.57. The van der Waals surface area contributed by atoms with Crippen LogP contribution in [0.1, 0.15) is 58.6 Å². The fraction of sp³-hybridized carbons (Fsp3) is 0.632. The molecule has 0 aliphatic heterocycles. The van der Waals surface area contributed by atoms with E-state index in [0.717, 1.165) is 29.4 Å². The zero-order valence-electron chi connectivity index (χ0n) is 15.1. The van der Waals surface area contributed by atoms with E-state index >= 15 is 0 Å². The van der Waals surface area contributed by atoms with Crippen molar-refractivity contribution in [3.8, 4) is 5.75 Å². The van der Waals surface area contributed by atoms with E-state index in [1.54, 1.807) is 0 Å². The summed E-state index contributed by atoms with van der Waals surface area (Å²) in [5.74, 6) is 1.44. The average Bonchev–Trinajstić information content (AvgIpc) is 3.36. The minimum Gasteiger partial charge on any atom is -0.493 e. The molecule has 0 heterocycles. The van der Waals surface area contributed by atoms with Gasteiger partial charge in [-0.25, -0.2) is 0 Å². The first kappa shape index (κ1) is 20.5. The van der Waals surface area contributed by atoms with Crippen LogP contribution in [0.15, 0.2) is 18.2 Å². The highest BCUT2D eigenvalue weighted by Gasteiger charge is 2.22. The molecule has 0 N–H and O–H groups in total. The summed E-state index contributed by atoms with van der Waals surface area (Å²) in [4.78, 5) is 11.4. The summed E-state index contributed by atoms with van der Waals surface area (Å²) in [6, 6.07) is 5.90. The number of carbonyl (C=O) groups is 1. The van der Waals surface area contributed by atoms with Gasteiger partial charge < -0.3 is 9.47 Å². The lowest BCUT2D eigenvalue weighted by Gasteiger charge is -2.10. The van der Waals surface area contributed by atoms with Gasteiger partial charge in [-0.3, -0.25) is 4.79 Å². The molecule has 0 radical (unpaired) electrons. The van der Waals surface area contributed by atoms with Crippen LogP contribution in [0.25, 0.3) is 0 Å². The predicted octanol–water partition coefficient (Wildman–Crippen LogP) is 4.94. The fourth-order valence-electron chi connectivity index (χ4n) is 1.78. The molecule has 1 fully saturated rings. The minimum atomic E-state index is -0.186. The van der Waals surface area contributed by atoms with Crippen molar-refractivity contribution in [2.24, 2.45) is 5.92 Å². The summed E-state index contributed by atoms with van der Waals surface area (Å²) in [5, 5.41) is 0. The number of aryl methyl sites for hydroxylation is 1. The maximum Gasteiger partial charge on any atom is 0.310 e. The predicted molar refractivity (Wildman–Crippen MR) is 92.4 cm³/mol. The lowest BCUT2D eigenvalue weighted by Crippen LogP contribution is -2.08. The van der Waals surface area contributed by atoms with E-state index in [-0.39, 0.29) is 5.97 Å². The fourth-order valence-corrected chi connectivity index (χ4v) is 1.78. The third-order valence-corrected chi connectivity index (χ3v) is 3.08. The summed E-state index contributed by atoms with van der Waals surface area (Å²) >= 11 is 0. The van der Waals surface area contributed by atoms with Crippen molar-refractivity contribution in [2.45, 2.75) is 60.8 Å². The molecule has 0 aromatic heterocycles. The topological polar surface area (TPSA) is 35.5 Å². The van der Waals surface area contributed by atoms with Gasteiger partial charge in [-0.15, -0.1) is 0 Å². The number of hydrogen-bond acceptors (Lipinski definition) is 3. The van der Waals surface area contributed by atoms with Gasteiger partial charge in [-0.05, 0) is 49.8 Å². The Morgan fingerprint density at radius 1 is 1.18 bits per heavy atom. The van der Waals surface area contributed by atoms with Gasteiger partial charge in [0.2, 0.25) is 0 Å². The summed E-state index contributed by atoms with van der Waals surface area (Å²) in [7, 11) is 0. The molecule has 1 saturated carbocycles. The Morgan fingerprint density at radius 3 is 2.36 bits per heavy atom. The van der Waals surface area contributed by atoms with Crippen LogP contribution < -0.4 is 4.74 Å². The standard InChI is InChI=1S/C15H20O3.2C2H6/c1-3-17-15(16)9-13-5-4-11(2)14(8-13)18-10-12-6-7-12;2*1-2/h4-5,8,12H,3,6-7,9-10H2,1-2H3;2*1-2H3. The summed E-state index contributed by atoms with van der Waals surface area (Å²) < 4.78 is 10.7. The van der Waals surface area contributed by atoms with Crippen LogP contribution in [0.2, 0.25) is 0 Å². The molecule has 0 unspecified atom stereocenters. The zero-order chi connectivity index (χ0) is 17.0. The molecule has 0 amide bonds. The Kier molecular flexibility index (Phi) is 11.2. The normalized spacial score (nSPS) is 12.3. The van der Waals surface area contributed by atoms with E-state index in [1.165, 1.54) is 12.8 Å². The van der Waals surface area contributed by atoms with Gasteiger partial charge in [0.05, 0.1) is 19.6 Å². The van der Waals surface area contributed by atoms with Gasteiger partial charge in [0.1, 0.15) is 5.75 Å². The number of rotatable bonds is 6. The zero-order valence-corrected chi connectivity index (χ0v) is 15.1. The molecule has 0 saturated heterocycles. The van der Waals surface area contributed by atoms with Crippen LogP contribution >= 0.6 is 0 Å². The number of ether oxygens (including phenoxy) is 2. The lowest BCUT2D eigenvalue weighted by molar-refractivity contribution is -0.142. The van der Waals surface area contributed by atoms with Crippen molar-refractivity contribution < 1.29 is 14.3 Å². The van der Waals surface area contributed by atoms with Crippen LogP contribution in [0.3, 0.4) is 0 Å². The molecule has 2 rings (SSSR count). The highest BCUT2D eigenvalue weighted by Crippen LogP contribution is 2.30. The molecule has 1 aromatic carbocycles. The molecule has 3 heteroatoms. The van der Waals surface area contributed by atoms with Gasteiger partial charge in [0, 0.05) is 0 Å². The quantitative estimate of drug-likeness (QED) is 0.698. The molecule has 0 spiro atoms. The van der Waals surface area contributed by atoms with Crippen LogP contribution in [0.5, 0.6) is 5.75 Å². The van der Waals surface area contributed by atoms with Crippen molar-refractivity contribution in [2.75, 3.05) is 13.2 Å². The minimum absolute atomic E-state index is 0.186. The third-order valence-electron chi connectivity index (χ3n) is 3.08. The van der Waals surface area contributed by atoms with Crippen molar-refractivity contribution >= 4 is 5.97 Å². The van der Waals surface area contributed by atoms with Gasteiger partial charge >= 0.3 is 5.97 Å². The molecule has 0 bridgehead atoms. The summed E-state index contributed by atoms with van der Waals surface area (Å²) in [6.45, 7) is 13.1. The SMILES string of the molecule is CC.CC.CCOC(=O)Cc1ccc(C)c(OCC2CC2)c1. The highest BCUT2D eigenvalue weighted by molar-refractivity contribution is 5.72. The van der Waals surface area contributed by atoms with Crippen LogP contribution in [0, 0.1) is 12.8 Å². The van der Waals surface area contributed by atoms with Crippen LogP contribution in [-0.4, -0.2) is 19.2 Å². The Morgan fingerprint density at radius 2 is 1.82 bits per heavy atom. The summed E-state index contributed by atoms with van der Waals surface area (Å²) in [5.41, 5.74) is 2.06. The molecular weight excluding hydrogens is 276 g/mol. The summed E-state index contributed by atoms with van der Waals surface area (Å²) in [6.07, 6.45) is 2.87. The maximum atomic E-state index is 11.4. The van der Waals surface area contributed by atoms with E-state index in [2.05, 4.69) is 0 Å². The second kappa shape index (κ2) is 12.1. The van der Waals surface area contributed by atoms with Crippen LogP contribution in [0.4, 0.5) is 0 Å². The van der Waals surface area contributed by atoms with E-state index in [9.17, 15) is 4.79 Å². The van der Waals surface area contributed by atoms with Gasteiger partial charge in [-0.2, -0.15) is 0 Å². The monoisotopic (exact) mass is 308 g/mol. The molecule has 0 atom stereocenters. The van der Waals surface area contributed by atoms with Gasteiger partial charge in [-0.1, -0.05) is 39.8 Å². The highest BCUT2D eigenvalue weighted by atomic mass is 16.5. The molecule has 1 aromatic rings. The van der Waals surface area contributed by atoms with E-state index in [0.29, 0.717) is 13.0 Å². The smallest absolute Gasteiger partial charge is 0.310 e. The van der Waals surface area contributed by atoms with Crippen molar-refractivity contribution in [3.63, 3.8) is 0 Å². The van der Waals surface area contributed by atoms with Crippen LogP contribution in [-0.2, 0) is 16.0 Å². The molecular formula is C19H32O3. The Balaban J connectivity index is 0.00000102. The Labute approximate surface area is 136 Å². The Hall–Kier alpha value is -1.51. The molecule has 1 aliphatic carbocycles. The largest absolute Gasteiger partial charge is 0.493 e. The van der Waals surface area contributed by atoms with Crippen molar-refractivity contribution in [1.29, 1.82) is 0 Å². The third kappa shape index (κ3) is 8.06. The number of benzene rings is 1. The van der Waals surface area contributed by atoms with E-state index < -0.39 is 0 Å². The van der Waals surface area contributed by atoms with E-state index in [1.807, 2.05) is 59.7 Å². The number of carbonyl (C=O) groups excluding carboxylic acids is 1. The molecule has 3 nitrogen and oxygen atoms in total. The lowest BCUT2D eigenvalue weighted by atomic mass is 10.1. The maximum absolute atomic E-state index is 11.4. The Bertz CT molecular complexity index is 423. The first-order valence-corrected chi connectivity index (χ1v) is 8.57. The first-order chi connectivity index (χ1) is 10.7. The molecule has 22 heavy (non-hydrogen) atoms. The second-order valence-electron chi connectivity index (χ2n) is 4.84. The number of hydrogen-bond donors (Lipinski definition) is 0. The van der Waals surface area contributed by atoms with Gasteiger partial charge in [0.25, 0.3) is 0 Å². The van der Waals surface area contributed by atoms with Gasteiger partial charge in [0.15, 0.2) is 0 Å². The average molecular weight is 308 g/mol. The molecule has 126 valence electrons.